The number of hydrogen-bond donors (Lipinski definition) is 0. The Morgan fingerprint density at radius 2 is 1.85 bits per heavy atom. The van der Waals surface area contributed by atoms with Crippen molar-refractivity contribution in [3.63, 3.8) is 0 Å². The van der Waals surface area contributed by atoms with Gasteiger partial charge in [0.05, 0.1) is 17.1 Å². The summed E-state index contributed by atoms with van der Waals surface area (Å²) >= 11 is 3.43. The lowest BCUT2D eigenvalue weighted by Gasteiger charge is -2.15. The van der Waals surface area contributed by atoms with Crippen LogP contribution < -0.4 is 0 Å². The maximum absolute atomic E-state index is 4.79. The molecule has 4 aromatic rings. The Bertz CT molecular complexity index is 1020. The summed E-state index contributed by atoms with van der Waals surface area (Å²) in [6, 6.07) is 12.4. The fourth-order valence-electron chi connectivity index (χ4n) is 3.23. The summed E-state index contributed by atoms with van der Waals surface area (Å²) in [5.74, 6) is 0. The standard InChI is InChI=1S/C21H22N4S2/c1-15-20(16(2)25(23-15)19-7-5-4-6-8-19)12-24(3)11-18-14-27-21(22-18)17-9-10-26-13-17/h4-10,13-14H,11-12H2,1-3H3. The number of aromatic nitrogens is 3. The van der Waals surface area contributed by atoms with Crippen LogP contribution in [-0.2, 0) is 13.1 Å². The van der Waals surface area contributed by atoms with E-state index < -0.39 is 0 Å². The van der Waals surface area contributed by atoms with Crippen LogP contribution >= 0.6 is 22.7 Å². The molecular weight excluding hydrogens is 372 g/mol. The number of hydrogen-bond acceptors (Lipinski definition) is 5. The van der Waals surface area contributed by atoms with E-state index in [-0.39, 0.29) is 0 Å². The summed E-state index contributed by atoms with van der Waals surface area (Å²) in [7, 11) is 2.14. The molecule has 27 heavy (non-hydrogen) atoms. The molecule has 0 saturated heterocycles. The lowest BCUT2D eigenvalue weighted by Crippen LogP contribution is -2.18. The van der Waals surface area contributed by atoms with Crippen molar-refractivity contribution < 1.29 is 0 Å². The van der Waals surface area contributed by atoms with Crippen molar-refractivity contribution in [3.05, 3.63) is 75.2 Å². The van der Waals surface area contributed by atoms with Crippen LogP contribution in [0, 0.1) is 13.8 Å². The van der Waals surface area contributed by atoms with E-state index in [4.69, 9.17) is 10.1 Å². The lowest BCUT2D eigenvalue weighted by molar-refractivity contribution is 0.314. The first-order valence-corrected chi connectivity index (χ1v) is 10.7. The van der Waals surface area contributed by atoms with Crippen molar-refractivity contribution in [1.29, 1.82) is 0 Å². The molecule has 0 amide bonds. The molecule has 0 fully saturated rings. The Morgan fingerprint density at radius 1 is 1.04 bits per heavy atom. The Kier molecular flexibility index (Phi) is 5.20. The van der Waals surface area contributed by atoms with Gasteiger partial charge in [0.15, 0.2) is 0 Å². The minimum absolute atomic E-state index is 0.829. The number of thiazole rings is 1. The maximum Gasteiger partial charge on any atom is 0.124 e. The molecule has 6 heteroatoms. The molecule has 0 aliphatic rings. The van der Waals surface area contributed by atoms with Gasteiger partial charge in [0.2, 0.25) is 0 Å². The van der Waals surface area contributed by atoms with Crippen molar-refractivity contribution in [2.45, 2.75) is 26.9 Å². The molecule has 0 aliphatic carbocycles. The van der Waals surface area contributed by atoms with E-state index in [9.17, 15) is 0 Å². The van der Waals surface area contributed by atoms with E-state index >= 15 is 0 Å². The Morgan fingerprint density at radius 3 is 2.59 bits per heavy atom. The van der Waals surface area contributed by atoms with Crippen LogP contribution in [0.15, 0.2) is 52.5 Å². The van der Waals surface area contributed by atoms with Gasteiger partial charge in [-0.05, 0) is 44.5 Å². The zero-order chi connectivity index (χ0) is 18.8. The smallest absolute Gasteiger partial charge is 0.124 e. The van der Waals surface area contributed by atoms with Crippen LogP contribution in [0.4, 0.5) is 0 Å². The molecule has 0 bridgehead atoms. The molecule has 4 nitrogen and oxygen atoms in total. The Hall–Kier alpha value is -2.28. The summed E-state index contributed by atoms with van der Waals surface area (Å²) in [5.41, 5.74) is 7.01. The minimum Gasteiger partial charge on any atom is -0.296 e. The van der Waals surface area contributed by atoms with Gasteiger partial charge in [-0.25, -0.2) is 9.67 Å². The van der Waals surface area contributed by atoms with E-state index in [2.05, 4.69) is 60.1 Å². The maximum atomic E-state index is 4.79. The molecule has 0 N–H and O–H groups in total. The molecule has 3 aromatic heterocycles. The van der Waals surface area contributed by atoms with Gasteiger partial charge in [-0.3, -0.25) is 4.90 Å². The Balaban J connectivity index is 1.49. The van der Waals surface area contributed by atoms with Crippen molar-refractivity contribution in [2.75, 3.05) is 7.05 Å². The average Bonchev–Trinajstić information content (AvgIpc) is 3.40. The van der Waals surface area contributed by atoms with Gasteiger partial charge in [-0.1, -0.05) is 18.2 Å². The highest BCUT2D eigenvalue weighted by Gasteiger charge is 2.15. The van der Waals surface area contributed by atoms with Gasteiger partial charge in [-0.2, -0.15) is 16.4 Å². The highest BCUT2D eigenvalue weighted by atomic mass is 32.1. The fourth-order valence-corrected chi connectivity index (χ4v) is 4.75. The van der Waals surface area contributed by atoms with Gasteiger partial charge in [0, 0.05) is 40.7 Å². The summed E-state index contributed by atoms with van der Waals surface area (Å²) in [6.45, 7) is 5.92. The number of thiophene rings is 1. The second-order valence-corrected chi connectivity index (χ2v) is 8.36. The zero-order valence-electron chi connectivity index (χ0n) is 15.7. The monoisotopic (exact) mass is 394 g/mol. The van der Waals surface area contributed by atoms with E-state index in [0.717, 1.165) is 35.2 Å². The topological polar surface area (TPSA) is 34.0 Å². The van der Waals surface area contributed by atoms with Gasteiger partial charge in [0.1, 0.15) is 5.01 Å². The number of para-hydroxylation sites is 1. The first-order valence-electron chi connectivity index (χ1n) is 8.88. The van der Waals surface area contributed by atoms with Crippen LogP contribution in [0.1, 0.15) is 22.6 Å². The molecule has 0 aliphatic heterocycles. The van der Waals surface area contributed by atoms with Crippen molar-refractivity contribution >= 4 is 22.7 Å². The van der Waals surface area contributed by atoms with Gasteiger partial charge in [0.25, 0.3) is 0 Å². The number of aryl methyl sites for hydroxylation is 1. The highest BCUT2D eigenvalue weighted by Crippen LogP contribution is 2.26. The first kappa shape index (κ1) is 18.1. The van der Waals surface area contributed by atoms with Crippen LogP contribution in [0.5, 0.6) is 0 Å². The summed E-state index contributed by atoms with van der Waals surface area (Å²) < 4.78 is 2.04. The predicted octanol–water partition coefficient (Wildman–Crippen LogP) is 5.31. The van der Waals surface area contributed by atoms with Gasteiger partial charge < -0.3 is 0 Å². The predicted molar refractivity (Wildman–Crippen MR) is 114 cm³/mol. The van der Waals surface area contributed by atoms with Crippen LogP contribution in [-0.4, -0.2) is 26.7 Å². The molecule has 0 saturated carbocycles. The van der Waals surface area contributed by atoms with Crippen LogP contribution in [0.2, 0.25) is 0 Å². The molecular formula is C21H22N4S2. The van der Waals surface area contributed by atoms with Gasteiger partial charge >= 0.3 is 0 Å². The molecule has 3 heterocycles. The normalized spacial score (nSPS) is 11.4. The highest BCUT2D eigenvalue weighted by molar-refractivity contribution is 7.14. The van der Waals surface area contributed by atoms with E-state index in [1.165, 1.54) is 16.8 Å². The van der Waals surface area contributed by atoms with Crippen molar-refractivity contribution in [2.24, 2.45) is 0 Å². The largest absolute Gasteiger partial charge is 0.296 e. The first-order chi connectivity index (χ1) is 13.1. The molecule has 1 aromatic carbocycles. The average molecular weight is 395 g/mol. The molecule has 138 valence electrons. The number of rotatable bonds is 6. The molecule has 0 atom stereocenters. The molecule has 0 spiro atoms. The third-order valence-electron chi connectivity index (χ3n) is 4.62. The van der Waals surface area contributed by atoms with E-state index in [0.29, 0.717) is 0 Å². The third kappa shape index (κ3) is 3.88. The van der Waals surface area contributed by atoms with Crippen molar-refractivity contribution in [3.8, 4) is 16.3 Å². The second-order valence-electron chi connectivity index (χ2n) is 6.73. The molecule has 0 radical (unpaired) electrons. The minimum atomic E-state index is 0.829. The number of nitrogens with zero attached hydrogens (tertiary/aromatic N) is 4. The second kappa shape index (κ2) is 7.76. The van der Waals surface area contributed by atoms with Gasteiger partial charge in [-0.15, -0.1) is 11.3 Å². The van der Waals surface area contributed by atoms with Crippen LogP contribution in [0.25, 0.3) is 16.3 Å². The number of benzene rings is 1. The molecule has 0 unspecified atom stereocenters. The summed E-state index contributed by atoms with van der Waals surface area (Å²) in [6.07, 6.45) is 0. The third-order valence-corrected chi connectivity index (χ3v) is 6.25. The van der Waals surface area contributed by atoms with Crippen molar-refractivity contribution in [1.82, 2.24) is 19.7 Å². The van der Waals surface area contributed by atoms with E-state index in [1.54, 1.807) is 22.7 Å². The lowest BCUT2D eigenvalue weighted by atomic mass is 10.2. The zero-order valence-corrected chi connectivity index (χ0v) is 17.3. The summed E-state index contributed by atoms with van der Waals surface area (Å²) in [4.78, 5) is 7.10. The SMILES string of the molecule is Cc1nn(-c2ccccc2)c(C)c1CN(C)Cc1csc(-c2ccsc2)n1. The van der Waals surface area contributed by atoms with E-state index in [1.807, 2.05) is 22.9 Å². The quantitative estimate of drug-likeness (QED) is 0.445. The van der Waals surface area contributed by atoms with Crippen LogP contribution in [0.3, 0.4) is 0 Å². The fraction of sp³-hybridized carbons (Fsp3) is 0.238. The summed E-state index contributed by atoms with van der Waals surface area (Å²) in [5, 5.41) is 12.3. The molecule has 4 rings (SSSR count). The Labute approximate surface area is 167 Å².